The highest BCUT2D eigenvalue weighted by Gasteiger charge is 2.39. The Balaban J connectivity index is 0.000000194. The quantitative estimate of drug-likeness (QED) is 0.119. The number of carboxylic acids is 1. The number of fused-ring (bicyclic) bond motifs is 4. The standard InChI is InChI=1S/C29H34Br2ClN5O3.C29H33Br2ClN4O4/c30-21-12-20-2-1-19-13-22(32)14-23(31)26(19)27(28(20)34-15-21)18-5-9-36(10-6-18)25(39)11-17-3-7-37(8-4-17)29(40)35-16-24(33)38;30-21-12-20-2-1-19-13-22(32)14-23(31)26(19)27(28(20)33-15-21)18-5-9-35(10-6-18)24(37)11-17-3-7-36(8-4-17)29(40)34-16-25(38)39/h12-15,17-18,27H,1-11,16H2,(H2,33,38)(H,35,40);12-15,17-18,27H,1-11,16H2,(H,34,40)(H,38,39)/t2*27-/m11/s1. The second-order valence-electron chi connectivity index (χ2n) is 22.2. The van der Waals surface area contributed by atoms with Crippen molar-refractivity contribution in [1.82, 2.24) is 40.2 Å². The van der Waals surface area contributed by atoms with E-state index in [1.54, 1.807) is 9.80 Å². The average Bonchev–Trinajstić information content (AvgIpc) is 3.87. The van der Waals surface area contributed by atoms with E-state index in [1.165, 1.54) is 33.4 Å². The van der Waals surface area contributed by atoms with Gasteiger partial charge in [0.2, 0.25) is 17.7 Å². The summed E-state index contributed by atoms with van der Waals surface area (Å²) in [6.45, 7) is 4.60. The van der Waals surface area contributed by atoms with Gasteiger partial charge in [-0.15, -0.1) is 0 Å². The van der Waals surface area contributed by atoms with E-state index in [0.717, 1.165) is 143 Å². The Bertz CT molecular complexity index is 2780. The number of urea groups is 2. The summed E-state index contributed by atoms with van der Waals surface area (Å²) in [7, 11) is 0. The highest BCUT2D eigenvalue weighted by atomic mass is 79.9. The number of nitrogens with zero attached hydrogens (tertiary/aromatic N) is 6. The number of pyridine rings is 2. The van der Waals surface area contributed by atoms with Crippen LogP contribution < -0.4 is 16.4 Å². The van der Waals surface area contributed by atoms with Crippen molar-refractivity contribution in [2.45, 2.75) is 102 Å². The maximum absolute atomic E-state index is 13.3. The van der Waals surface area contributed by atoms with Gasteiger partial charge in [0.25, 0.3) is 0 Å². The number of amides is 7. The molecule has 6 aliphatic rings. The van der Waals surface area contributed by atoms with Crippen molar-refractivity contribution >= 4 is 123 Å². The smallest absolute Gasteiger partial charge is 0.323 e. The summed E-state index contributed by atoms with van der Waals surface area (Å²) in [5, 5.41) is 15.2. The molecule has 22 heteroatoms. The van der Waals surface area contributed by atoms with Gasteiger partial charge in [-0.2, -0.15) is 0 Å². The van der Waals surface area contributed by atoms with Crippen LogP contribution in [-0.4, -0.2) is 136 Å². The molecular formula is C58H67Br4Cl2N9O7. The summed E-state index contributed by atoms with van der Waals surface area (Å²) in [5.41, 5.74) is 15.0. The Morgan fingerprint density at radius 2 is 0.887 bits per heavy atom. The summed E-state index contributed by atoms with van der Waals surface area (Å²) in [6, 6.07) is 11.9. The lowest BCUT2D eigenvalue weighted by molar-refractivity contribution is -0.136. The van der Waals surface area contributed by atoms with Crippen LogP contribution in [0.4, 0.5) is 9.59 Å². The van der Waals surface area contributed by atoms with Gasteiger partial charge in [0, 0.05) is 117 Å². The lowest BCUT2D eigenvalue weighted by Gasteiger charge is -2.38. The third-order valence-electron chi connectivity index (χ3n) is 17.1. The van der Waals surface area contributed by atoms with E-state index in [-0.39, 0.29) is 60.6 Å². The van der Waals surface area contributed by atoms with Crippen LogP contribution in [0.2, 0.25) is 10.0 Å². The van der Waals surface area contributed by atoms with E-state index in [4.69, 9.17) is 44.0 Å². The first-order chi connectivity index (χ1) is 38.4. The number of hydrogen-bond donors (Lipinski definition) is 4. The molecule has 6 heterocycles. The second-order valence-corrected chi connectivity index (χ2v) is 26.6. The first-order valence-corrected chi connectivity index (χ1v) is 31.7. The van der Waals surface area contributed by atoms with Gasteiger partial charge < -0.3 is 41.1 Å². The molecule has 0 saturated carbocycles. The normalized spacial score (nSPS) is 19.9. The SMILES string of the molecule is NC(=O)CNC(=O)N1CCC(CC(=O)N2CCC([C@H]3c4ncc(Br)cc4CCc4cc(Cl)cc(Br)c43)CC2)CC1.O=C(O)CNC(=O)N1CCC(CC(=O)N2CCC([C@H]3c4ncc(Br)cc4CCc4cc(Cl)cc(Br)c43)CC2)CC1. The van der Waals surface area contributed by atoms with E-state index in [1.807, 2.05) is 34.3 Å². The van der Waals surface area contributed by atoms with Crippen LogP contribution in [0.3, 0.4) is 0 Å². The molecule has 5 N–H and O–H groups in total. The molecule has 4 aromatic rings. The number of carbonyl (C=O) groups excluding carboxylic acids is 5. The number of aliphatic carboxylic acids is 1. The summed E-state index contributed by atoms with van der Waals surface area (Å²) >= 11 is 27.7. The van der Waals surface area contributed by atoms with Crippen LogP contribution in [0, 0.1) is 23.7 Å². The summed E-state index contributed by atoms with van der Waals surface area (Å²) in [6.07, 6.45) is 15.1. The number of likely N-dealkylation sites (tertiary alicyclic amines) is 4. The predicted octanol–water partition coefficient (Wildman–Crippen LogP) is 10.7. The molecule has 7 amide bonds. The van der Waals surface area contributed by atoms with Crippen LogP contribution in [0.15, 0.2) is 66.7 Å². The molecule has 16 nitrogen and oxygen atoms in total. The molecule has 2 aromatic heterocycles. The van der Waals surface area contributed by atoms with Gasteiger partial charge in [0.05, 0.1) is 17.9 Å². The number of nitrogens with one attached hydrogen (secondary N) is 2. The van der Waals surface area contributed by atoms with Crippen molar-refractivity contribution in [3.05, 3.63) is 121 Å². The molecule has 0 unspecified atom stereocenters. The number of primary amides is 1. The molecule has 0 spiro atoms. The zero-order chi connectivity index (χ0) is 56.8. The maximum atomic E-state index is 13.3. The minimum absolute atomic E-state index is 0.140. The Labute approximate surface area is 510 Å². The second kappa shape index (κ2) is 27.4. The number of carboxylic acid groups (broad SMARTS) is 1. The fourth-order valence-electron chi connectivity index (χ4n) is 13.0. The zero-order valence-electron chi connectivity index (χ0n) is 44.5. The van der Waals surface area contributed by atoms with Gasteiger partial charge in [-0.05, 0) is 202 Å². The summed E-state index contributed by atoms with van der Waals surface area (Å²) in [4.78, 5) is 89.7. The minimum atomic E-state index is -1.06. The van der Waals surface area contributed by atoms with Gasteiger partial charge in [-0.3, -0.25) is 29.1 Å². The molecule has 4 saturated heterocycles. The van der Waals surface area contributed by atoms with Crippen molar-refractivity contribution in [1.29, 1.82) is 0 Å². The van der Waals surface area contributed by atoms with Crippen LogP contribution in [0.25, 0.3) is 0 Å². The van der Waals surface area contributed by atoms with Crippen LogP contribution in [0.5, 0.6) is 0 Å². The molecule has 80 heavy (non-hydrogen) atoms. The van der Waals surface area contributed by atoms with Crippen molar-refractivity contribution in [3.63, 3.8) is 0 Å². The van der Waals surface area contributed by atoms with Gasteiger partial charge in [-0.1, -0.05) is 55.1 Å². The zero-order valence-corrected chi connectivity index (χ0v) is 52.3. The number of hydrogen-bond acceptors (Lipinski definition) is 8. The van der Waals surface area contributed by atoms with E-state index < -0.39 is 11.9 Å². The minimum Gasteiger partial charge on any atom is -0.480 e. The molecule has 2 aromatic carbocycles. The van der Waals surface area contributed by atoms with Crippen molar-refractivity contribution in [2.75, 3.05) is 65.4 Å². The molecule has 4 fully saturated rings. The molecule has 2 aliphatic carbocycles. The predicted molar refractivity (Wildman–Crippen MR) is 321 cm³/mol. The number of piperidine rings is 4. The van der Waals surface area contributed by atoms with E-state index in [9.17, 15) is 28.8 Å². The summed E-state index contributed by atoms with van der Waals surface area (Å²) in [5.74, 6) is 0.266. The highest BCUT2D eigenvalue weighted by Crippen LogP contribution is 2.48. The van der Waals surface area contributed by atoms with Crippen LogP contribution >= 0.6 is 86.9 Å². The molecule has 4 aliphatic heterocycles. The molecular weight excluding hydrogens is 1330 g/mol. The largest absolute Gasteiger partial charge is 0.480 e. The molecule has 10 rings (SSSR count). The number of aryl methyl sites for hydroxylation is 4. The fraction of sp³-hybridized carbons (Fsp3) is 0.517. The Kier molecular flexibility index (Phi) is 20.6. The third kappa shape index (κ3) is 14.9. The monoisotopic (exact) mass is 1390 g/mol. The maximum Gasteiger partial charge on any atom is 0.323 e. The van der Waals surface area contributed by atoms with Crippen molar-refractivity contribution < 1.29 is 33.9 Å². The van der Waals surface area contributed by atoms with Gasteiger partial charge in [0.15, 0.2) is 0 Å². The van der Waals surface area contributed by atoms with Gasteiger partial charge >= 0.3 is 18.0 Å². The van der Waals surface area contributed by atoms with Gasteiger partial charge in [0.1, 0.15) is 6.54 Å². The molecule has 0 bridgehead atoms. The fourth-order valence-corrected chi connectivity index (χ4v) is 16.0. The lowest BCUT2D eigenvalue weighted by Crippen LogP contribution is -2.47. The molecule has 2 atom stereocenters. The van der Waals surface area contributed by atoms with E-state index in [0.29, 0.717) is 50.9 Å². The average molecular weight is 1390 g/mol. The Hall–Kier alpha value is -4.34. The van der Waals surface area contributed by atoms with Crippen LogP contribution in [0.1, 0.15) is 121 Å². The van der Waals surface area contributed by atoms with Crippen molar-refractivity contribution in [2.24, 2.45) is 29.4 Å². The Morgan fingerprint density at radius 1 is 0.525 bits per heavy atom. The number of nitrogens with two attached hydrogens (primary N) is 1. The molecule has 0 radical (unpaired) electrons. The summed E-state index contributed by atoms with van der Waals surface area (Å²) < 4.78 is 4.04. The number of halogens is 6. The third-order valence-corrected chi connectivity index (χ3v) is 19.7. The Morgan fingerprint density at radius 3 is 1.26 bits per heavy atom. The number of carbonyl (C=O) groups is 6. The number of aromatic nitrogens is 2. The topological polar surface area (TPSA) is 211 Å². The number of benzene rings is 2. The lowest BCUT2D eigenvalue weighted by atomic mass is 9.76. The van der Waals surface area contributed by atoms with E-state index in [2.05, 4.69) is 98.6 Å². The molecule has 428 valence electrons. The first kappa shape index (κ1) is 60.3. The van der Waals surface area contributed by atoms with Crippen LogP contribution in [-0.2, 0) is 44.9 Å². The number of rotatable bonds is 10. The van der Waals surface area contributed by atoms with Crippen molar-refractivity contribution in [3.8, 4) is 0 Å². The van der Waals surface area contributed by atoms with E-state index >= 15 is 0 Å². The van der Waals surface area contributed by atoms with Gasteiger partial charge in [-0.25, -0.2) is 9.59 Å². The first-order valence-electron chi connectivity index (χ1n) is 27.7. The highest BCUT2D eigenvalue weighted by molar-refractivity contribution is 9.11.